The molecule has 1 aliphatic carbocycles. The first-order chi connectivity index (χ1) is 8.05. The van der Waals surface area contributed by atoms with E-state index in [9.17, 15) is 4.79 Å². The second kappa shape index (κ2) is 4.61. The molecular formula is C13H21N3O. The van der Waals surface area contributed by atoms with Crippen molar-refractivity contribution in [1.82, 2.24) is 9.78 Å². The van der Waals surface area contributed by atoms with Gasteiger partial charge in [0.2, 0.25) is 0 Å². The van der Waals surface area contributed by atoms with Crippen molar-refractivity contribution in [3.05, 3.63) is 18.0 Å². The number of Topliss-reactive ketones (excluding diaryl/α,β-unsaturated/α-hetero) is 1. The molecular weight excluding hydrogens is 214 g/mol. The summed E-state index contributed by atoms with van der Waals surface area (Å²) in [7, 11) is 0. The topological polar surface area (TPSA) is 60.9 Å². The minimum absolute atomic E-state index is 0.137. The van der Waals surface area contributed by atoms with Crippen LogP contribution < -0.4 is 5.73 Å². The van der Waals surface area contributed by atoms with Crippen LogP contribution in [0.1, 0.15) is 51.3 Å². The Labute approximate surface area is 102 Å². The number of hydrogen-bond acceptors (Lipinski definition) is 3. The highest BCUT2D eigenvalue weighted by molar-refractivity contribution is 5.90. The molecule has 1 atom stereocenters. The van der Waals surface area contributed by atoms with E-state index in [0.717, 1.165) is 31.4 Å². The summed E-state index contributed by atoms with van der Waals surface area (Å²) in [5.41, 5.74) is 6.29. The Hall–Kier alpha value is -1.16. The van der Waals surface area contributed by atoms with Crippen LogP contribution in [-0.2, 0) is 11.2 Å². The lowest BCUT2D eigenvalue weighted by atomic mass is 9.73. The summed E-state index contributed by atoms with van der Waals surface area (Å²) in [5, 5.41) is 4.43. The number of ketones is 1. The first kappa shape index (κ1) is 12.3. The molecule has 0 amide bonds. The van der Waals surface area contributed by atoms with Crippen LogP contribution in [0, 0.1) is 0 Å². The molecule has 1 unspecified atom stereocenters. The average molecular weight is 235 g/mol. The largest absolute Gasteiger partial charge is 0.319 e. The lowest BCUT2D eigenvalue weighted by Gasteiger charge is -2.36. The van der Waals surface area contributed by atoms with E-state index in [1.807, 2.05) is 16.9 Å². The van der Waals surface area contributed by atoms with Gasteiger partial charge < -0.3 is 5.73 Å². The van der Waals surface area contributed by atoms with Crippen molar-refractivity contribution in [2.75, 3.05) is 0 Å². The lowest BCUT2D eigenvalue weighted by Crippen LogP contribution is -2.54. The summed E-state index contributed by atoms with van der Waals surface area (Å²) in [6.07, 6.45) is 6.09. The Morgan fingerprint density at radius 3 is 2.88 bits per heavy atom. The molecule has 2 N–H and O–H groups in total. The SMILES string of the molecule is CCC(C)n1ccc(CC(=O)C2(N)CCC2)n1. The normalized spacial score (nSPS) is 19.7. The minimum atomic E-state index is -0.555. The highest BCUT2D eigenvalue weighted by atomic mass is 16.1. The molecule has 2 rings (SSSR count). The smallest absolute Gasteiger partial charge is 0.158 e. The van der Waals surface area contributed by atoms with Gasteiger partial charge in [-0.25, -0.2) is 0 Å². The summed E-state index contributed by atoms with van der Waals surface area (Å²) >= 11 is 0. The maximum Gasteiger partial charge on any atom is 0.158 e. The van der Waals surface area contributed by atoms with E-state index in [0.29, 0.717) is 12.5 Å². The van der Waals surface area contributed by atoms with Crippen molar-refractivity contribution in [2.45, 2.75) is 57.5 Å². The summed E-state index contributed by atoms with van der Waals surface area (Å²) in [6.45, 7) is 4.25. The van der Waals surface area contributed by atoms with Gasteiger partial charge in [-0.05, 0) is 38.7 Å². The van der Waals surface area contributed by atoms with E-state index in [4.69, 9.17) is 5.73 Å². The first-order valence-corrected chi connectivity index (χ1v) is 6.41. The molecule has 0 spiro atoms. The predicted molar refractivity (Wildman–Crippen MR) is 66.7 cm³/mol. The Balaban J connectivity index is 1.99. The zero-order valence-electron chi connectivity index (χ0n) is 10.6. The molecule has 1 aromatic rings. The van der Waals surface area contributed by atoms with Crippen molar-refractivity contribution in [3.8, 4) is 0 Å². The van der Waals surface area contributed by atoms with Crippen LogP contribution in [0.2, 0.25) is 0 Å². The molecule has 1 saturated carbocycles. The Morgan fingerprint density at radius 1 is 1.65 bits per heavy atom. The van der Waals surface area contributed by atoms with Crippen molar-refractivity contribution in [1.29, 1.82) is 0 Å². The zero-order chi connectivity index (χ0) is 12.5. The summed E-state index contributed by atoms with van der Waals surface area (Å²) in [4.78, 5) is 12.0. The standard InChI is InChI=1S/C13H21N3O/c1-3-10(2)16-8-5-11(15-16)9-12(17)13(14)6-4-7-13/h5,8,10H,3-4,6-7,9,14H2,1-2H3. The van der Waals surface area contributed by atoms with Gasteiger partial charge in [0.25, 0.3) is 0 Å². The van der Waals surface area contributed by atoms with Gasteiger partial charge in [-0.3, -0.25) is 9.48 Å². The van der Waals surface area contributed by atoms with Gasteiger partial charge in [0.1, 0.15) is 0 Å². The molecule has 0 aliphatic heterocycles. The van der Waals surface area contributed by atoms with E-state index in [-0.39, 0.29) is 5.78 Å². The fourth-order valence-corrected chi connectivity index (χ4v) is 2.08. The number of rotatable bonds is 5. The van der Waals surface area contributed by atoms with Crippen molar-refractivity contribution < 1.29 is 4.79 Å². The van der Waals surface area contributed by atoms with Crippen LogP contribution in [0.5, 0.6) is 0 Å². The predicted octanol–water partition coefficient (Wildman–Crippen LogP) is 1.85. The van der Waals surface area contributed by atoms with Crippen molar-refractivity contribution >= 4 is 5.78 Å². The van der Waals surface area contributed by atoms with Gasteiger partial charge in [-0.15, -0.1) is 0 Å². The maximum absolute atomic E-state index is 12.0. The number of carbonyl (C=O) groups is 1. The van der Waals surface area contributed by atoms with Crippen LogP contribution in [0.3, 0.4) is 0 Å². The number of nitrogens with zero attached hydrogens (tertiary/aromatic N) is 2. The highest BCUT2D eigenvalue weighted by Gasteiger charge is 2.39. The summed E-state index contributed by atoms with van der Waals surface area (Å²) in [5.74, 6) is 0.137. The Bertz CT molecular complexity index is 407. The van der Waals surface area contributed by atoms with Gasteiger partial charge in [0.15, 0.2) is 5.78 Å². The molecule has 0 bridgehead atoms. The third-order valence-corrected chi connectivity index (χ3v) is 3.85. The van der Waals surface area contributed by atoms with E-state index < -0.39 is 5.54 Å². The lowest BCUT2D eigenvalue weighted by molar-refractivity contribution is -0.126. The minimum Gasteiger partial charge on any atom is -0.319 e. The van der Waals surface area contributed by atoms with Gasteiger partial charge >= 0.3 is 0 Å². The zero-order valence-corrected chi connectivity index (χ0v) is 10.6. The third kappa shape index (κ3) is 2.41. The molecule has 1 fully saturated rings. The summed E-state index contributed by atoms with van der Waals surface area (Å²) in [6, 6.07) is 2.31. The molecule has 1 aliphatic rings. The molecule has 4 heteroatoms. The van der Waals surface area contributed by atoms with E-state index in [1.54, 1.807) is 0 Å². The van der Waals surface area contributed by atoms with Crippen LogP contribution >= 0.6 is 0 Å². The number of carbonyl (C=O) groups excluding carboxylic acids is 1. The van der Waals surface area contributed by atoms with Gasteiger partial charge in [-0.1, -0.05) is 6.92 Å². The van der Waals surface area contributed by atoms with Crippen LogP contribution in [0.4, 0.5) is 0 Å². The van der Waals surface area contributed by atoms with E-state index in [1.165, 1.54) is 0 Å². The van der Waals surface area contributed by atoms with Crippen LogP contribution in [0.15, 0.2) is 12.3 Å². The molecule has 0 aromatic carbocycles. The fraction of sp³-hybridized carbons (Fsp3) is 0.692. The third-order valence-electron chi connectivity index (χ3n) is 3.85. The number of hydrogen-bond donors (Lipinski definition) is 1. The van der Waals surface area contributed by atoms with Gasteiger partial charge in [0.05, 0.1) is 17.7 Å². The molecule has 1 heterocycles. The molecule has 1 aromatic heterocycles. The van der Waals surface area contributed by atoms with Gasteiger partial charge in [0, 0.05) is 12.2 Å². The second-order valence-corrected chi connectivity index (χ2v) is 5.15. The van der Waals surface area contributed by atoms with E-state index >= 15 is 0 Å². The fourth-order valence-electron chi connectivity index (χ4n) is 2.08. The highest BCUT2D eigenvalue weighted by Crippen LogP contribution is 2.30. The van der Waals surface area contributed by atoms with Gasteiger partial charge in [-0.2, -0.15) is 5.10 Å². The Morgan fingerprint density at radius 2 is 2.35 bits per heavy atom. The summed E-state index contributed by atoms with van der Waals surface area (Å²) < 4.78 is 1.92. The maximum atomic E-state index is 12.0. The number of nitrogens with two attached hydrogens (primary N) is 1. The average Bonchev–Trinajstić information content (AvgIpc) is 2.73. The number of aromatic nitrogens is 2. The molecule has 4 nitrogen and oxygen atoms in total. The van der Waals surface area contributed by atoms with E-state index in [2.05, 4.69) is 18.9 Å². The van der Waals surface area contributed by atoms with Crippen molar-refractivity contribution in [2.24, 2.45) is 5.73 Å². The van der Waals surface area contributed by atoms with Crippen molar-refractivity contribution in [3.63, 3.8) is 0 Å². The van der Waals surface area contributed by atoms with Crippen LogP contribution in [0.25, 0.3) is 0 Å². The molecule has 0 radical (unpaired) electrons. The molecule has 94 valence electrons. The molecule has 17 heavy (non-hydrogen) atoms. The molecule has 0 saturated heterocycles. The Kier molecular flexibility index (Phi) is 3.33. The quantitative estimate of drug-likeness (QED) is 0.847. The van der Waals surface area contributed by atoms with Crippen LogP contribution in [-0.4, -0.2) is 21.1 Å². The monoisotopic (exact) mass is 235 g/mol. The first-order valence-electron chi connectivity index (χ1n) is 6.41. The second-order valence-electron chi connectivity index (χ2n) is 5.15.